The molecule has 1 aliphatic rings. The van der Waals surface area contributed by atoms with Crippen molar-refractivity contribution in [3.63, 3.8) is 0 Å². The second kappa shape index (κ2) is 3.06. The summed E-state index contributed by atoms with van der Waals surface area (Å²) in [6.45, 7) is 0. The van der Waals surface area contributed by atoms with Gasteiger partial charge in [0, 0.05) is 11.4 Å². The van der Waals surface area contributed by atoms with E-state index < -0.39 is 0 Å². The van der Waals surface area contributed by atoms with Crippen molar-refractivity contribution >= 4 is 22.7 Å². The highest BCUT2D eigenvalue weighted by molar-refractivity contribution is 5.79. The maximum atomic E-state index is 5.71. The Balaban J connectivity index is 2.10. The lowest BCUT2D eigenvalue weighted by molar-refractivity contribution is 0.481. The number of hydrogen-bond donors (Lipinski definition) is 3. The van der Waals surface area contributed by atoms with Crippen LogP contribution in [-0.2, 0) is 0 Å². The van der Waals surface area contributed by atoms with E-state index in [1.807, 2.05) is 36.4 Å². The highest BCUT2D eigenvalue weighted by Gasteiger charge is 2.16. The molecular weight excluding hydrogens is 202 g/mol. The standard InChI is InChI=1S/C12H11N3O/c13-7-1-3-11-9(5-7)15-10-6-8(14)2-4-12(10)16-11/h1-6,15H,13-14H2. The van der Waals surface area contributed by atoms with E-state index >= 15 is 0 Å². The van der Waals surface area contributed by atoms with Crippen LogP contribution in [0.25, 0.3) is 0 Å². The van der Waals surface area contributed by atoms with Crippen LogP contribution in [0.15, 0.2) is 36.4 Å². The van der Waals surface area contributed by atoms with Crippen molar-refractivity contribution in [2.45, 2.75) is 0 Å². The molecule has 0 aromatic heterocycles. The van der Waals surface area contributed by atoms with Gasteiger partial charge in [0.1, 0.15) is 0 Å². The third-order valence-corrected chi connectivity index (χ3v) is 2.50. The first-order valence-electron chi connectivity index (χ1n) is 4.96. The maximum Gasteiger partial charge on any atom is 0.151 e. The molecule has 4 nitrogen and oxygen atoms in total. The smallest absolute Gasteiger partial charge is 0.151 e. The molecule has 5 N–H and O–H groups in total. The number of nitrogens with two attached hydrogens (primary N) is 2. The Kier molecular flexibility index (Phi) is 1.71. The Hall–Kier alpha value is -2.36. The van der Waals surface area contributed by atoms with Gasteiger partial charge in [-0.3, -0.25) is 0 Å². The average Bonchev–Trinajstić information content (AvgIpc) is 2.26. The van der Waals surface area contributed by atoms with E-state index in [0.29, 0.717) is 11.4 Å². The van der Waals surface area contributed by atoms with Gasteiger partial charge in [0.15, 0.2) is 11.5 Å². The number of hydrogen-bond acceptors (Lipinski definition) is 4. The molecule has 0 atom stereocenters. The quantitative estimate of drug-likeness (QED) is 0.502. The van der Waals surface area contributed by atoms with Gasteiger partial charge in [0.25, 0.3) is 0 Å². The summed E-state index contributed by atoms with van der Waals surface area (Å²) >= 11 is 0. The molecule has 0 spiro atoms. The first kappa shape index (κ1) is 8.91. The number of benzene rings is 2. The van der Waals surface area contributed by atoms with E-state index in [4.69, 9.17) is 16.2 Å². The van der Waals surface area contributed by atoms with E-state index in [1.54, 1.807) is 0 Å². The molecule has 0 saturated carbocycles. The molecule has 2 aromatic carbocycles. The fraction of sp³-hybridized carbons (Fsp3) is 0. The Morgan fingerprint density at radius 2 is 1.31 bits per heavy atom. The highest BCUT2D eigenvalue weighted by Crippen LogP contribution is 2.43. The zero-order valence-electron chi connectivity index (χ0n) is 8.53. The van der Waals surface area contributed by atoms with Gasteiger partial charge < -0.3 is 21.5 Å². The maximum absolute atomic E-state index is 5.71. The predicted octanol–water partition coefficient (Wildman–Crippen LogP) is 2.70. The molecular formula is C12H11N3O. The Morgan fingerprint density at radius 1 is 0.812 bits per heavy atom. The first-order chi connectivity index (χ1) is 7.72. The summed E-state index contributed by atoms with van der Waals surface area (Å²) in [7, 11) is 0. The molecule has 80 valence electrons. The summed E-state index contributed by atoms with van der Waals surface area (Å²) in [5, 5.41) is 3.24. The summed E-state index contributed by atoms with van der Waals surface area (Å²) in [5.74, 6) is 1.54. The van der Waals surface area contributed by atoms with Gasteiger partial charge in [-0.2, -0.15) is 0 Å². The van der Waals surface area contributed by atoms with E-state index in [1.165, 1.54) is 0 Å². The molecule has 4 heteroatoms. The molecule has 0 radical (unpaired) electrons. The van der Waals surface area contributed by atoms with Gasteiger partial charge in [-0.25, -0.2) is 0 Å². The summed E-state index contributed by atoms with van der Waals surface area (Å²) < 4.78 is 5.71. The molecule has 0 unspecified atom stereocenters. The van der Waals surface area contributed by atoms with Crippen LogP contribution in [0.3, 0.4) is 0 Å². The summed E-state index contributed by atoms with van der Waals surface area (Å²) in [4.78, 5) is 0. The number of ether oxygens (including phenoxy) is 1. The normalized spacial score (nSPS) is 12.0. The molecule has 1 aliphatic heterocycles. The Labute approximate surface area is 92.8 Å². The van der Waals surface area contributed by atoms with Crippen molar-refractivity contribution in [2.24, 2.45) is 0 Å². The average molecular weight is 213 g/mol. The first-order valence-corrected chi connectivity index (χ1v) is 4.96. The molecule has 0 aliphatic carbocycles. The van der Waals surface area contributed by atoms with Crippen LogP contribution in [-0.4, -0.2) is 0 Å². The van der Waals surface area contributed by atoms with Gasteiger partial charge in [-0.15, -0.1) is 0 Å². The lowest BCUT2D eigenvalue weighted by Gasteiger charge is -2.22. The third kappa shape index (κ3) is 1.32. The van der Waals surface area contributed by atoms with Gasteiger partial charge >= 0.3 is 0 Å². The van der Waals surface area contributed by atoms with Crippen molar-refractivity contribution in [2.75, 3.05) is 16.8 Å². The van der Waals surface area contributed by atoms with E-state index in [-0.39, 0.29) is 0 Å². The fourth-order valence-electron chi connectivity index (χ4n) is 1.73. The molecule has 1 heterocycles. The van der Waals surface area contributed by atoms with Gasteiger partial charge in [0.2, 0.25) is 0 Å². The van der Waals surface area contributed by atoms with Gasteiger partial charge in [0.05, 0.1) is 11.4 Å². The van der Waals surface area contributed by atoms with Crippen LogP contribution < -0.4 is 21.5 Å². The monoisotopic (exact) mass is 213 g/mol. The topological polar surface area (TPSA) is 73.3 Å². The number of rotatable bonds is 0. The highest BCUT2D eigenvalue weighted by atomic mass is 16.5. The lowest BCUT2D eigenvalue weighted by atomic mass is 10.2. The number of nitrogens with one attached hydrogen (secondary N) is 1. The lowest BCUT2D eigenvalue weighted by Crippen LogP contribution is -2.04. The molecule has 0 bridgehead atoms. The minimum atomic E-state index is 0.696. The molecule has 0 fully saturated rings. The summed E-state index contributed by atoms with van der Waals surface area (Å²) in [6, 6.07) is 11.0. The van der Waals surface area contributed by atoms with Crippen molar-refractivity contribution < 1.29 is 4.74 Å². The molecule has 0 saturated heterocycles. The zero-order valence-corrected chi connectivity index (χ0v) is 8.53. The Morgan fingerprint density at radius 3 is 1.81 bits per heavy atom. The number of anilines is 4. The van der Waals surface area contributed by atoms with Crippen molar-refractivity contribution in [3.8, 4) is 11.5 Å². The van der Waals surface area contributed by atoms with Crippen LogP contribution in [0.2, 0.25) is 0 Å². The molecule has 3 rings (SSSR count). The third-order valence-electron chi connectivity index (χ3n) is 2.50. The molecule has 0 amide bonds. The van der Waals surface area contributed by atoms with Crippen molar-refractivity contribution in [1.82, 2.24) is 0 Å². The van der Waals surface area contributed by atoms with Crippen LogP contribution in [0, 0.1) is 0 Å². The number of fused-ring (bicyclic) bond motifs is 2. The second-order valence-corrected chi connectivity index (χ2v) is 3.74. The molecule has 2 aromatic rings. The second-order valence-electron chi connectivity index (χ2n) is 3.74. The summed E-state index contributed by atoms with van der Waals surface area (Å²) in [6.07, 6.45) is 0. The van der Waals surface area contributed by atoms with Crippen LogP contribution in [0.1, 0.15) is 0 Å². The van der Waals surface area contributed by atoms with Crippen LogP contribution >= 0.6 is 0 Å². The largest absolute Gasteiger partial charge is 0.453 e. The van der Waals surface area contributed by atoms with Crippen molar-refractivity contribution in [3.05, 3.63) is 36.4 Å². The minimum Gasteiger partial charge on any atom is -0.453 e. The van der Waals surface area contributed by atoms with E-state index in [9.17, 15) is 0 Å². The predicted molar refractivity (Wildman–Crippen MR) is 65.1 cm³/mol. The van der Waals surface area contributed by atoms with Gasteiger partial charge in [-0.1, -0.05) is 0 Å². The van der Waals surface area contributed by atoms with Crippen LogP contribution in [0.5, 0.6) is 11.5 Å². The fourth-order valence-corrected chi connectivity index (χ4v) is 1.73. The van der Waals surface area contributed by atoms with E-state index in [2.05, 4.69) is 5.32 Å². The SMILES string of the molecule is Nc1ccc2c(c1)Nc1cc(N)ccc1O2. The number of nitrogen functional groups attached to an aromatic ring is 2. The Bertz CT molecular complexity index is 517. The summed E-state index contributed by atoms with van der Waals surface area (Å²) in [5.41, 5.74) is 14.5. The van der Waals surface area contributed by atoms with Crippen molar-refractivity contribution in [1.29, 1.82) is 0 Å². The molecule has 16 heavy (non-hydrogen) atoms. The van der Waals surface area contributed by atoms with Gasteiger partial charge in [-0.05, 0) is 36.4 Å². The van der Waals surface area contributed by atoms with E-state index in [0.717, 1.165) is 22.9 Å². The van der Waals surface area contributed by atoms with Crippen LogP contribution in [0.4, 0.5) is 22.7 Å². The zero-order chi connectivity index (χ0) is 11.1. The minimum absolute atomic E-state index is 0.696.